The van der Waals surface area contributed by atoms with Gasteiger partial charge in [-0.3, -0.25) is 10.1 Å². The van der Waals surface area contributed by atoms with Gasteiger partial charge in [0.15, 0.2) is 5.13 Å². The maximum atomic E-state index is 12.2. The summed E-state index contributed by atoms with van der Waals surface area (Å²) in [4.78, 5) is 20.8. The van der Waals surface area contributed by atoms with Crippen molar-refractivity contribution in [3.8, 4) is 0 Å². The van der Waals surface area contributed by atoms with Crippen molar-refractivity contribution in [2.45, 2.75) is 13.8 Å². The third kappa shape index (κ3) is 2.22. The van der Waals surface area contributed by atoms with Gasteiger partial charge in [0.2, 0.25) is 0 Å². The van der Waals surface area contributed by atoms with Gasteiger partial charge in [-0.25, -0.2) is 9.97 Å². The van der Waals surface area contributed by atoms with Gasteiger partial charge in [0.05, 0.1) is 17.0 Å². The molecule has 1 N–H and O–H groups in total. The molecule has 3 aromatic heterocycles. The van der Waals surface area contributed by atoms with Crippen molar-refractivity contribution in [1.82, 2.24) is 14.4 Å². The number of anilines is 1. The SMILES string of the molecule is Cc1csc(NC(=O)c2cccn3cc(C)nc23)n1. The van der Waals surface area contributed by atoms with Crippen LogP contribution in [-0.2, 0) is 0 Å². The number of aromatic nitrogens is 3. The van der Waals surface area contributed by atoms with Crippen LogP contribution in [0.1, 0.15) is 21.7 Å². The van der Waals surface area contributed by atoms with Crippen molar-refractivity contribution in [3.63, 3.8) is 0 Å². The second-order valence-corrected chi connectivity index (χ2v) is 5.14. The first kappa shape index (κ1) is 11.9. The molecular weight excluding hydrogens is 260 g/mol. The van der Waals surface area contributed by atoms with Gasteiger partial charge < -0.3 is 4.40 Å². The van der Waals surface area contributed by atoms with Gasteiger partial charge in [-0.1, -0.05) is 0 Å². The lowest BCUT2D eigenvalue weighted by atomic mass is 10.2. The van der Waals surface area contributed by atoms with Crippen LogP contribution in [0.15, 0.2) is 29.9 Å². The van der Waals surface area contributed by atoms with Crippen LogP contribution in [0, 0.1) is 13.8 Å². The number of pyridine rings is 1. The lowest BCUT2D eigenvalue weighted by Gasteiger charge is -2.03. The molecule has 0 bridgehead atoms. The molecule has 19 heavy (non-hydrogen) atoms. The van der Waals surface area contributed by atoms with Gasteiger partial charge in [0.25, 0.3) is 5.91 Å². The smallest absolute Gasteiger partial charge is 0.261 e. The number of nitrogens with one attached hydrogen (secondary N) is 1. The standard InChI is InChI=1S/C13H12N4OS/c1-8-6-17-5-3-4-10(11(17)14-8)12(18)16-13-15-9(2)7-19-13/h3-7H,1-2H3,(H,15,16,18). The summed E-state index contributed by atoms with van der Waals surface area (Å²) in [5, 5.41) is 5.30. The minimum atomic E-state index is -0.189. The first-order chi connectivity index (χ1) is 9.13. The van der Waals surface area contributed by atoms with E-state index in [0.717, 1.165) is 11.4 Å². The topological polar surface area (TPSA) is 59.3 Å². The van der Waals surface area contributed by atoms with E-state index in [-0.39, 0.29) is 5.91 Å². The van der Waals surface area contributed by atoms with Crippen LogP contribution in [0.2, 0.25) is 0 Å². The van der Waals surface area contributed by atoms with Gasteiger partial charge in [-0.2, -0.15) is 0 Å². The van der Waals surface area contributed by atoms with Crippen molar-refractivity contribution >= 4 is 28.0 Å². The fourth-order valence-corrected chi connectivity index (χ4v) is 2.57. The van der Waals surface area contributed by atoms with E-state index in [1.165, 1.54) is 11.3 Å². The van der Waals surface area contributed by atoms with E-state index in [9.17, 15) is 4.79 Å². The molecule has 0 spiro atoms. The summed E-state index contributed by atoms with van der Waals surface area (Å²) in [7, 11) is 0. The molecule has 0 fully saturated rings. The highest BCUT2D eigenvalue weighted by molar-refractivity contribution is 7.13. The summed E-state index contributed by atoms with van der Waals surface area (Å²) in [5.74, 6) is -0.189. The Morgan fingerprint density at radius 3 is 2.89 bits per heavy atom. The average molecular weight is 272 g/mol. The fourth-order valence-electron chi connectivity index (χ4n) is 1.89. The molecule has 0 saturated carbocycles. The van der Waals surface area contributed by atoms with Crippen molar-refractivity contribution in [2.75, 3.05) is 5.32 Å². The number of amides is 1. The summed E-state index contributed by atoms with van der Waals surface area (Å²) in [5.41, 5.74) is 2.98. The molecule has 5 nitrogen and oxygen atoms in total. The number of imidazole rings is 1. The second-order valence-electron chi connectivity index (χ2n) is 4.28. The summed E-state index contributed by atoms with van der Waals surface area (Å²) in [6, 6.07) is 3.59. The second kappa shape index (κ2) is 4.47. The largest absolute Gasteiger partial charge is 0.306 e. The molecule has 3 rings (SSSR count). The highest BCUT2D eigenvalue weighted by atomic mass is 32.1. The number of rotatable bonds is 2. The van der Waals surface area contributed by atoms with Crippen molar-refractivity contribution in [3.05, 3.63) is 46.9 Å². The lowest BCUT2D eigenvalue weighted by molar-refractivity contribution is 0.102. The number of aryl methyl sites for hydroxylation is 2. The van der Waals surface area contributed by atoms with Crippen molar-refractivity contribution in [1.29, 1.82) is 0 Å². The van der Waals surface area contributed by atoms with Gasteiger partial charge in [-0.15, -0.1) is 11.3 Å². The van der Waals surface area contributed by atoms with Crippen LogP contribution in [0.25, 0.3) is 5.65 Å². The number of thiazole rings is 1. The van der Waals surface area contributed by atoms with Crippen LogP contribution in [0.4, 0.5) is 5.13 Å². The lowest BCUT2D eigenvalue weighted by Crippen LogP contribution is -2.13. The summed E-state index contributed by atoms with van der Waals surface area (Å²) in [6.07, 6.45) is 3.76. The Hall–Kier alpha value is -2.21. The fraction of sp³-hybridized carbons (Fsp3) is 0.154. The minimum absolute atomic E-state index is 0.189. The summed E-state index contributed by atoms with van der Waals surface area (Å²) >= 11 is 1.41. The molecule has 0 aromatic carbocycles. The average Bonchev–Trinajstić information content (AvgIpc) is 2.93. The van der Waals surface area contributed by atoms with E-state index >= 15 is 0 Å². The zero-order valence-corrected chi connectivity index (χ0v) is 11.4. The van der Waals surface area contributed by atoms with Crippen LogP contribution in [0.5, 0.6) is 0 Å². The predicted octanol–water partition coefficient (Wildman–Crippen LogP) is 2.66. The first-order valence-corrected chi connectivity index (χ1v) is 6.69. The van der Waals surface area contributed by atoms with E-state index in [4.69, 9.17) is 0 Å². The van der Waals surface area contributed by atoms with E-state index < -0.39 is 0 Å². The highest BCUT2D eigenvalue weighted by Crippen LogP contribution is 2.17. The Morgan fingerprint density at radius 1 is 1.32 bits per heavy atom. The van der Waals surface area contributed by atoms with Crippen LogP contribution >= 0.6 is 11.3 Å². The van der Waals surface area contributed by atoms with Crippen LogP contribution in [-0.4, -0.2) is 20.3 Å². The molecule has 6 heteroatoms. The molecular formula is C13H12N4OS. The molecule has 0 aliphatic rings. The van der Waals surface area contributed by atoms with Crippen LogP contribution in [0.3, 0.4) is 0 Å². The van der Waals surface area contributed by atoms with E-state index in [1.54, 1.807) is 6.07 Å². The number of hydrogen-bond acceptors (Lipinski definition) is 4. The Kier molecular flexibility index (Phi) is 2.79. The zero-order chi connectivity index (χ0) is 13.4. The summed E-state index contributed by atoms with van der Waals surface area (Å²) < 4.78 is 1.84. The van der Waals surface area contributed by atoms with Gasteiger partial charge >= 0.3 is 0 Å². The van der Waals surface area contributed by atoms with E-state index in [2.05, 4.69) is 15.3 Å². The molecule has 0 unspecified atom stereocenters. The quantitative estimate of drug-likeness (QED) is 0.780. The molecule has 0 atom stereocenters. The number of hydrogen-bond donors (Lipinski definition) is 1. The normalized spacial score (nSPS) is 10.8. The molecule has 3 aromatic rings. The first-order valence-electron chi connectivity index (χ1n) is 5.81. The van der Waals surface area contributed by atoms with E-state index in [0.29, 0.717) is 16.3 Å². The Bertz CT molecular complexity index is 759. The number of carbonyl (C=O) groups excluding carboxylic acids is 1. The zero-order valence-electron chi connectivity index (χ0n) is 10.5. The Balaban J connectivity index is 1.97. The van der Waals surface area contributed by atoms with Gasteiger partial charge in [0.1, 0.15) is 5.65 Å². The Labute approximate surface area is 113 Å². The minimum Gasteiger partial charge on any atom is -0.306 e. The van der Waals surface area contributed by atoms with E-state index in [1.807, 2.05) is 42.1 Å². The maximum Gasteiger partial charge on any atom is 0.261 e. The molecule has 0 radical (unpaired) electrons. The monoisotopic (exact) mass is 272 g/mol. The molecule has 3 heterocycles. The molecule has 1 amide bonds. The third-order valence-corrected chi connectivity index (χ3v) is 3.56. The number of nitrogens with zero attached hydrogens (tertiary/aromatic N) is 3. The molecule has 0 saturated heterocycles. The number of fused-ring (bicyclic) bond motifs is 1. The Morgan fingerprint density at radius 2 is 2.16 bits per heavy atom. The van der Waals surface area contributed by atoms with Crippen molar-refractivity contribution < 1.29 is 4.79 Å². The molecule has 96 valence electrons. The molecule has 0 aliphatic heterocycles. The predicted molar refractivity (Wildman–Crippen MR) is 74.7 cm³/mol. The molecule has 0 aliphatic carbocycles. The maximum absolute atomic E-state index is 12.2. The number of carbonyl (C=O) groups is 1. The van der Waals surface area contributed by atoms with Crippen molar-refractivity contribution in [2.24, 2.45) is 0 Å². The third-order valence-electron chi connectivity index (χ3n) is 2.69. The van der Waals surface area contributed by atoms with Crippen LogP contribution < -0.4 is 5.32 Å². The summed E-state index contributed by atoms with van der Waals surface area (Å²) in [6.45, 7) is 3.80. The highest BCUT2D eigenvalue weighted by Gasteiger charge is 2.13. The van der Waals surface area contributed by atoms with Gasteiger partial charge in [-0.05, 0) is 26.0 Å². The van der Waals surface area contributed by atoms with Gasteiger partial charge in [0, 0.05) is 17.8 Å².